The third kappa shape index (κ3) is 4.00. The number of nitrogens with zero attached hydrogens (tertiary/aromatic N) is 2. The Morgan fingerprint density at radius 1 is 0.432 bits per heavy atom. The number of hydrogen-bond acceptors (Lipinski definition) is 3. The average molecular weight is 491 g/mol. The van der Waals surface area contributed by atoms with E-state index >= 15 is 0 Å². The molecule has 0 fully saturated rings. The molecular formula is C34H22N2S. The third-order valence-corrected chi connectivity index (χ3v) is 7.80. The molecule has 0 saturated carbocycles. The van der Waals surface area contributed by atoms with Crippen molar-refractivity contribution in [2.45, 2.75) is 0 Å². The monoisotopic (exact) mass is 490 g/mol. The molecule has 5 aromatic carbocycles. The molecule has 7 rings (SSSR count). The van der Waals surface area contributed by atoms with Crippen molar-refractivity contribution in [1.29, 1.82) is 0 Å². The van der Waals surface area contributed by atoms with Crippen LogP contribution in [0.4, 0.5) is 0 Å². The van der Waals surface area contributed by atoms with Gasteiger partial charge in [0.25, 0.3) is 0 Å². The van der Waals surface area contributed by atoms with Crippen LogP contribution in [0.2, 0.25) is 0 Å². The summed E-state index contributed by atoms with van der Waals surface area (Å²) in [6.45, 7) is 0. The van der Waals surface area contributed by atoms with Crippen LogP contribution in [0.5, 0.6) is 0 Å². The molecule has 0 radical (unpaired) electrons. The van der Waals surface area contributed by atoms with Gasteiger partial charge in [-0.05, 0) is 34.4 Å². The van der Waals surface area contributed by atoms with E-state index in [1.54, 1.807) is 11.3 Å². The van der Waals surface area contributed by atoms with Crippen molar-refractivity contribution < 1.29 is 0 Å². The van der Waals surface area contributed by atoms with Crippen molar-refractivity contribution in [2.75, 3.05) is 0 Å². The number of fused-ring (bicyclic) bond motifs is 3. The lowest BCUT2D eigenvalue weighted by Gasteiger charge is -2.10. The first-order valence-corrected chi connectivity index (χ1v) is 13.2. The highest BCUT2D eigenvalue weighted by Gasteiger charge is 2.17. The first kappa shape index (κ1) is 21.7. The van der Waals surface area contributed by atoms with Gasteiger partial charge in [0.15, 0.2) is 5.82 Å². The minimum Gasteiger partial charge on any atom is -0.227 e. The maximum atomic E-state index is 5.20. The summed E-state index contributed by atoms with van der Waals surface area (Å²) in [5, 5.41) is 2.32. The van der Waals surface area contributed by atoms with E-state index in [1.165, 1.54) is 26.8 Å². The Hall–Kier alpha value is -4.60. The molecule has 37 heavy (non-hydrogen) atoms. The van der Waals surface area contributed by atoms with Crippen molar-refractivity contribution in [3.05, 3.63) is 133 Å². The highest BCUT2D eigenvalue weighted by atomic mass is 32.1. The molecule has 7 aromatic rings. The van der Waals surface area contributed by atoms with Gasteiger partial charge >= 0.3 is 0 Å². The maximum Gasteiger partial charge on any atom is 0.161 e. The fourth-order valence-corrected chi connectivity index (χ4v) is 5.96. The Bertz CT molecular complexity index is 1850. The lowest BCUT2D eigenvalue weighted by atomic mass is 10.0. The molecular weight excluding hydrogens is 468 g/mol. The van der Waals surface area contributed by atoms with Crippen LogP contribution >= 0.6 is 11.3 Å². The topological polar surface area (TPSA) is 25.8 Å². The fourth-order valence-electron chi connectivity index (χ4n) is 4.88. The van der Waals surface area contributed by atoms with Crippen molar-refractivity contribution in [3.63, 3.8) is 0 Å². The van der Waals surface area contributed by atoms with Crippen molar-refractivity contribution in [3.8, 4) is 44.9 Å². The Balaban J connectivity index is 1.42. The van der Waals surface area contributed by atoms with Crippen molar-refractivity contribution in [2.24, 2.45) is 0 Å². The summed E-state index contributed by atoms with van der Waals surface area (Å²) in [6.07, 6.45) is 0. The molecule has 2 aromatic heterocycles. The number of aromatic nitrogens is 2. The highest BCUT2D eigenvalue weighted by molar-refractivity contribution is 7.25. The van der Waals surface area contributed by atoms with E-state index in [4.69, 9.17) is 9.97 Å². The summed E-state index contributed by atoms with van der Waals surface area (Å²) < 4.78 is 1.23. The summed E-state index contributed by atoms with van der Waals surface area (Å²) >= 11 is 1.73. The van der Waals surface area contributed by atoms with Gasteiger partial charge in [-0.2, -0.15) is 0 Å². The van der Waals surface area contributed by atoms with Crippen LogP contribution in [0.1, 0.15) is 0 Å². The van der Waals surface area contributed by atoms with Gasteiger partial charge in [0.2, 0.25) is 0 Å². The van der Waals surface area contributed by atoms with Gasteiger partial charge in [0, 0.05) is 26.6 Å². The second-order valence-electron chi connectivity index (χ2n) is 9.06. The molecule has 0 aliphatic heterocycles. The molecule has 0 N–H and O–H groups in total. The minimum absolute atomic E-state index is 0.749. The Morgan fingerprint density at radius 2 is 1.00 bits per heavy atom. The lowest BCUT2D eigenvalue weighted by Crippen LogP contribution is -1.94. The molecule has 0 aliphatic carbocycles. The van der Waals surface area contributed by atoms with E-state index in [-0.39, 0.29) is 0 Å². The molecule has 0 amide bonds. The zero-order valence-corrected chi connectivity index (χ0v) is 20.8. The van der Waals surface area contributed by atoms with Crippen LogP contribution in [0.15, 0.2) is 133 Å². The SMILES string of the molecule is c1ccc(-c2ccc(-c3nc(-c4cccc(-c5ccccc5)c4)nc4sc5ccccc5c34)cc2)cc1. The minimum atomic E-state index is 0.749. The molecule has 0 spiro atoms. The molecule has 0 aliphatic rings. The summed E-state index contributed by atoms with van der Waals surface area (Å²) in [5.41, 5.74) is 7.83. The Morgan fingerprint density at radius 3 is 1.76 bits per heavy atom. The van der Waals surface area contributed by atoms with Gasteiger partial charge in [0.05, 0.1) is 5.69 Å². The zero-order valence-electron chi connectivity index (χ0n) is 20.0. The molecule has 174 valence electrons. The summed E-state index contributed by atoms with van der Waals surface area (Å²) in [5.74, 6) is 0.749. The molecule has 0 bridgehead atoms. The van der Waals surface area contributed by atoms with Crippen LogP contribution in [-0.4, -0.2) is 9.97 Å². The predicted molar refractivity (Wildman–Crippen MR) is 157 cm³/mol. The summed E-state index contributed by atoms with van der Waals surface area (Å²) in [4.78, 5) is 11.3. The number of hydrogen-bond donors (Lipinski definition) is 0. The van der Waals surface area contributed by atoms with E-state index in [2.05, 4.69) is 121 Å². The predicted octanol–water partition coefficient (Wildman–Crippen LogP) is 9.51. The molecule has 3 heteroatoms. The van der Waals surface area contributed by atoms with Gasteiger partial charge < -0.3 is 0 Å². The van der Waals surface area contributed by atoms with Gasteiger partial charge in [-0.15, -0.1) is 11.3 Å². The second kappa shape index (κ2) is 9.12. The summed E-state index contributed by atoms with van der Waals surface area (Å²) in [7, 11) is 0. The van der Waals surface area contributed by atoms with E-state index in [0.29, 0.717) is 0 Å². The number of benzene rings is 5. The second-order valence-corrected chi connectivity index (χ2v) is 10.1. The first-order chi connectivity index (χ1) is 18.3. The number of rotatable bonds is 4. The van der Waals surface area contributed by atoms with E-state index in [9.17, 15) is 0 Å². The Labute approximate surface area is 219 Å². The van der Waals surface area contributed by atoms with E-state index < -0.39 is 0 Å². The largest absolute Gasteiger partial charge is 0.227 e. The normalized spacial score (nSPS) is 11.2. The van der Waals surface area contributed by atoms with E-state index in [1.807, 2.05) is 12.1 Å². The molecule has 0 atom stereocenters. The smallest absolute Gasteiger partial charge is 0.161 e. The zero-order chi connectivity index (χ0) is 24.6. The molecule has 2 nitrogen and oxygen atoms in total. The van der Waals surface area contributed by atoms with E-state index in [0.717, 1.165) is 38.4 Å². The summed E-state index contributed by atoms with van der Waals surface area (Å²) in [6, 6.07) is 46.7. The quantitative estimate of drug-likeness (QED) is 0.245. The average Bonchev–Trinajstić information content (AvgIpc) is 3.36. The van der Waals surface area contributed by atoms with Crippen LogP contribution in [0.25, 0.3) is 65.2 Å². The van der Waals surface area contributed by atoms with Crippen molar-refractivity contribution in [1.82, 2.24) is 9.97 Å². The third-order valence-electron chi connectivity index (χ3n) is 6.73. The van der Waals surface area contributed by atoms with Gasteiger partial charge in [0.1, 0.15) is 4.83 Å². The van der Waals surface area contributed by atoms with Gasteiger partial charge in [-0.1, -0.05) is 121 Å². The highest BCUT2D eigenvalue weighted by Crippen LogP contribution is 2.40. The van der Waals surface area contributed by atoms with Gasteiger partial charge in [-0.25, -0.2) is 9.97 Å². The lowest BCUT2D eigenvalue weighted by molar-refractivity contribution is 1.24. The maximum absolute atomic E-state index is 5.20. The fraction of sp³-hybridized carbons (Fsp3) is 0. The molecule has 0 saturated heterocycles. The van der Waals surface area contributed by atoms with Crippen LogP contribution in [0.3, 0.4) is 0 Å². The van der Waals surface area contributed by atoms with Gasteiger partial charge in [-0.3, -0.25) is 0 Å². The van der Waals surface area contributed by atoms with Crippen molar-refractivity contribution >= 4 is 31.6 Å². The van der Waals surface area contributed by atoms with Crippen LogP contribution in [-0.2, 0) is 0 Å². The van der Waals surface area contributed by atoms with Crippen LogP contribution in [0, 0.1) is 0 Å². The molecule has 0 unspecified atom stereocenters. The first-order valence-electron chi connectivity index (χ1n) is 12.3. The Kier molecular flexibility index (Phi) is 5.34. The molecule has 2 heterocycles. The number of thiophene rings is 1. The van der Waals surface area contributed by atoms with Crippen LogP contribution < -0.4 is 0 Å². The standard InChI is InChI=1S/C34H22N2S/c1-3-10-23(11-4-1)25-18-20-26(21-19-25)32-31-29-16-7-8-17-30(29)37-34(31)36-33(35-32)28-15-9-14-27(22-28)24-12-5-2-6-13-24/h1-22H.